The zero-order valence-corrected chi connectivity index (χ0v) is 15.6. The Hall–Kier alpha value is -3.81. The summed E-state index contributed by atoms with van der Waals surface area (Å²) in [7, 11) is 0. The summed E-state index contributed by atoms with van der Waals surface area (Å²) in [6.07, 6.45) is -4.83. The van der Waals surface area contributed by atoms with Crippen LogP contribution < -0.4 is 9.47 Å². The monoisotopic (exact) mass is 416 g/mol. The summed E-state index contributed by atoms with van der Waals surface area (Å²) in [6.45, 7) is 2.09. The number of halogens is 3. The Morgan fingerprint density at radius 3 is 2.03 bits per heavy atom. The summed E-state index contributed by atoms with van der Waals surface area (Å²) < 4.78 is 46.0. The van der Waals surface area contributed by atoms with Gasteiger partial charge in [-0.25, -0.2) is 4.79 Å². The Morgan fingerprint density at radius 1 is 0.933 bits per heavy atom. The fraction of sp³-hybridized carbons (Fsp3) is 0.0909. The van der Waals surface area contributed by atoms with E-state index in [0.29, 0.717) is 16.7 Å². The summed E-state index contributed by atoms with van der Waals surface area (Å²) in [5.41, 5.74) is 2.56. The van der Waals surface area contributed by atoms with Crippen LogP contribution in [0.1, 0.15) is 15.9 Å². The summed E-state index contributed by atoms with van der Waals surface area (Å²) in [6, 6.07) is 14.8. The largest absolute Gasteiger partial charge is 0.573 e. The lowest BCUT2D eigenvalue weighted by atomic mass is 9.93. The number of carboxylic acids is 1. The van der Waals surface area contributed by atoms with E-state index < -0.39 is 18.1 Å². The number of aryl methyl sites for hydroxylation is 1. The minimum atomic E-state index is -4.83. The maximum absolute atomic E-state index is 12.4. The molecule has 3 rings (SSSR count). The lowest BCUT2D eigenvalue weighted by Crippen LogP contribution is -2.16. The Kier molecular flexibility index (Phi) is 5.77. The number of carbonyl (C=O) groups excluding carboxylic acids is 1. The van der Waals surface area contributed by atoms with Crippen LogP contribution in [0.2, 0.25) is 0 Å². The number of rotatable bonds is 6. The van der Waals surface area contributed by atoms with E-state index in [2.05, 4.69) is 4.74 Å². The number of hydrogen-bond acceptors (Lipinski definition) is 4. The molecule has 0 atom stereocenters. The van der Waals surface area contributed by atoms with E-state index in [-0.39, 0.29) is 23.3 Å². The molecule has 0 aliphatic rings. The van der Waals surface area contributed by atoms with Crippen molar-refractivity contribution in [3.8, 4) is 33.8 Å². The molecule has 0 aliphatic carbocycles. The lowest BCUT2D eigenvalue weighted by Gasteiger charge is -2.15. The number of carbonyl (C=O) groups is 2. The summed E-state index contributed by atoms with van der Waals surface area (Å²) in [5, 5.41) is 9.61. The minimum absolute atomic E-state index is 0.0482. The molecule has 0 saturated carbocycles. The smallest absolute Gasteiger partial charge is 0.478 e. The molecule has 30 heavy (non-hydrogen) atoms. The molecule has 3 aromatic rings. The van der Waals surface area contributed by atoms with E-state index in [1.807, 2.05) is 19.1 Å². The van der Waals surface area contributed by atoms with E-state index in [0.717, 1.165) is 17.7 Å². The maximum atomic E-state index is 12.4. The first kappa shape index (κ1) is 20.9. The van der Waals surface area contributed by atoms with Gasteiger partial charge in [0.25, 0.3) is 6.47 Å². The van der Waals surface area contributed by atoms with Crippen molar-refractivity contribution < 1.29 is 37.3 Å². The minimum Gasteiger partial charge on any atom is -0.478 e. The second kappa shape index (κ2) is 8.28. The summed E-state index contributed by atoms with van der Waals surface area (Å²) in [5.74, 6) is -1.67. The first-order valence-electron chi connectivity index (χ1n) is 8.63. The third-order valence-corrected chi connectivity index (χ3v) is 4.29. The van der Waals surface area contributed by atoms with Gasteiger partial charge in [0.05, 0.1) is 5.56 Å². The van der Waals surface area contributed by atoms with E-state index >= 15 is 0 Å². The van der Waals surface area contributed by atoms with Gasteiger partial charge in [0.1, 0.15) is 11.5 Å². The first-order valence-corrected chi connectivity index (χ1v) is 8.63. The van der Waals surface area contributed by atoms with Crippen molar-refractivity contribution in [1.82, 2.24) is 0 Å². The van der Waals surface area contributed by atoms with Crippen LogP contribution in [0, 0.1) is 6.92 Å². The van der Waals surface area contributed by atoms with Crippen LogP contribution in [0.3, 0.4) is 0 Å². The van der Waals surface area contributed by atoms with Gasteiger partial charge < -0.3 is 14.6 Å². The SMILES string of the molecule is Cc1ccc(-c2cc(-c3ccc(OC(F)(F)F)cc3)c(C(=O)O)cc2OC=O)cc1. The van der Waals surface area contributed by atoms with Gasteiger partial charge in [-0.05, 0) is 47.9 Å². The lowest BCUT2D eigenvalue weighted by molar-refractivity contribution is -0.274. The molecule has 0 aliphatic heterocycles. The predicted molar refractivity (Wildman–Crippen MR) is 102 cm³/mol. The fourth-order valence-corrected chi connectivity index (χ4v) is 2.94. The van der Waals surface area contributed by atoms with E-state index in [1.54, 1.807) is 12.1 Å². The van der Waals surface area contributed by atoms with E-state index in [9.17, 15) is 27.9 Å². The molecular weight excluding hydrogens is 401 g/mol. The topological polar surface area (TPSA) is 72.8 Å². The number of ether oxygens (including phenoxy) is 2. The number of carboxylic acid groups (broad SMARTS) is 1. The van der Waals surface area contributed by atoms with Gasteiger partial charge in [0.15, 0.2) is 0 Å². The predicted octanol–water partition coefficient (Wildman–Crippen LogP) is 5.46. The molecule has 0 radical (unpaired) electrons. The van der Waals surface area contributed by atoms with Gasteiger partial charge in [0.2, 0.25) is 0 Å². The molecule has 0 unspecified atom stereocenters. The third kappa shape index (κ3) is 4.78. The fourth-order valence-electron chi connectivity index (χ4n) is 2.94. The van der Waals surface area contributed by atoms with Crippen LogP contribution in [0.5, 0.6) is 11.5 Å². The molecule has 1 N–H and O–H groups in total. The Bertz CT molecular complexity index is 1070. The van der Waals surface area contributed by atoms with E-state index in [4.69, 9.17) is 4.74 Å². The molecule has 0 bridgehead atoms. The molecule has 0 saturated heterocycles. The highest BCUT2D eigenvalue weighted by Crippen LogP contribution is 2.38. The maximum Gasteiger partial charge on any atom is 0.573 e. The van der Waals surface area contributed by atoms with Crippen molar-refractivity contribution in [1.29, 1.82) is 0 Å². The molecule has 154 valence electrons. The standard InChI is InChI=1S/C22H15F3O5/c1-13-2-4-15(5-3-13)18-10-17(19(21(27)28)11-20(18)29-12-26)14-6-8-16(9-7-14)30-22(23,24)25/h2-12H,1H3,(H,27,28). The van der Waals surface area contributed by atoms with Gasteiger partial charge in [-0.15, -0.1) is 13.2 Å². The highest BCUT2D eigenvalue weighted by atomic mass is 19.4. The third-order valence-electron chi connectivity index (χ3n) is 4.29. The second-order valence-corrected chi connectivity index (χ2v) is 6.35. The molecule has 0 aromatic heterocycles. The molecule has 0 heterocycles. The Labute approximate surface area is 169 Å². The molecule has 3 aromatic carbocycles. The van der Waals surface area contributed by atoms with Crippen LogP contribution in [0.25, 0.3) is 22.3 Å². The quantitative estimate of drug-likeness (QED) is 0.540. The molecule has 0 spiro atoms. The highest BCUT2D eigenvalue weighted by Gasteiger charge is 2.31. The van der Waals surface area contributed by atoms with Crippen molar-refractivity contribution in [3.63, 3.8) is 0 Å². The van der Waals surface area contributed by atoms with Crippen molar-refractivity contribution in [2.45, 2.75) is 13.3 Å². The van der Waals surface area contributed by atoms with Gasteiger partial charge in [-0.3, -0.25) is 4.79 Å². The first-order chi connectivity index (χ1) is 14.2. The number of aromatic carboxylic acids is 1. The van der Waals surface area contributed by atoms with Crippen LogP contribution >= 0.6 is 0 Å². The van der Waals surface area contributed by atoms with Crippen LogP contribution in [0.15, 0.2) is 60.7 Å². The van der Waals surface area contributed by atoms with Gasteiger partial charge in [-0.2, -0.15) is 0 Å². The summed E-state index contributed by atoms with van der Waals surface area (Å²) in [4.78, 5) is 22.7. The van der Waals surface area contributed by atoms with Gasteiger partial charge >= 0.3 is 12.3 Å². The average Bonchev–Trinajstić information content (AvgIpc) is 2.68. The highest BCUT2D eigenvalue weighted by molar-refractivity contribution is 5.99. The van der Waals surface area contributed by atoms with Crippen molar-refractivity contribution in [2.24, 2.45) is 0 Å². The number of alkyl halides is 3. The molecule has 0 fully saturated rings. The normalized spacial score (nSPS) is 11.1. The molecule has 8 heteroatoms. The Balaban J connectivity index is 2.15. The van der Waals surface area contributed by atoms with Crippen molar-refractivity contribution in [3.05, 3.63) is 71.8 Å². The van der Waals surface area contributed by atoms with Crippen LogP contribution in [-0.4, -0.2) is 23.9 Å². The zero-order valence-electron chi connectivity index (χ0n) is 15.6. The average molecular weight is 416 g/mol. The number of hydrogen-bond donors (Lipinski definition) is 1. The van der Waals surface area contributed by atoms with Crippen LogP contribution in [-0.2, 0) is 4.79 Å². The van der Waals surface area contributed by atoms with Crippen LogP contribution in [0.4, 0.5) is 13.2 Å². The van der Waals surface area contributed by atoms with Crippen molar-refractivity contribution in [2.75, 3.05) is 0 Å². The van der Waals surface area contributed by atoms with Gasteiger partial charge in [-0.1, -0.05) is 42.0 Å². The zero-order chi connectivity index (χ0) is 21.9. The molecule has 5 nitrogen and oxygen atoms in total. The number of benzene rings is 3. The Morgan fingerprint density at radius 2 is 1.50 bits per heavy atom. The van der Waals surface area contributed by atoms with E-state index in [1.165, 1.54) is 24.3 Å². The summed E-state index contributed by atoms with van der Waals surface area (Å²) >= 11 is 0. The second-order valence-electron chi connectivity index (χ2n) is 6.35. The molecular formula is C22H15F3O5. The molecule has 0 amide bonds. The van der Waals surface area contributed by atoms with Gasteiger partial charge in [0, 0.05) is 5.56 Å². The van der Waals surface area contributed by atoms with Crippen molar-refractivity contribution >= 4 is 12.4 Å².